The van der Waals surface area contributed by atoms with Crippen molar-refractivity contribution in [2.24, 2.45) is 5.92 Å². The van der Waals surface area contributed by atoms with Gasteiger partial charge in [0.15, 0.2) is 5.82 Å². The van der Waals surface area contributed by atoms with Gasteiger partial charge in [-0.1, -0.05) is 6.92 Å². The average molecular weight is 343 g/mol. The predicted octanol–water partition coefficient (Wildman–Crippen LogP) is 2.46. The van der Waals surface area contributed by atoms with E-state index < -0.39 is 0 Å². The lowest BCUT2D eigenvalue weighted by atomic mass is 9.76. The van der Waals surface area contributed by atoms with Gasteiger partial charge in [-0.2, -0.15) is 4.68 Å². The van der Waals surface area contributed by atoms with Gasteiger partial charge in [-0.3, -0.25) is 0 Å². The number of aromatic nitrogens is 4. The molecule has 0 saturated heterocycles. The number of carbonyl (C=O) groups is 1. The molecular formula is C18H25N5O2. The number of benzene rings is 1. The molecule has 1 fully saturated rings. The normalized spacial score (nSPS) is 23.4. The van der Waals surface area contributed by atoms with Crippen LogP contribution in [0.1, 0.15) is 55.7 Å². The van der Waals surface area contributed by atoms with E-state index >= 15 is 0 Å². The van der Waals surface area contributed by atoms with Crippen LogP contribution in [0, 0.1) is 5.92 Å². The standard InChI is InChI=1S/C18H25N5O2/c1-4-25-16(24)14-5-7-15(8-6-14)23-17(20-21-22-23)18(19-3)11-9-13(2)10-12-18/h5-8,13,19H,4,9-12H2,1-3H3. The molecule has 0 unspecified atom stereocenters. The van der Waals surface area contributed by atoms with Crippen LogP contribution in [0.4, 0.5) is 0 Å². The third-order valence-corrected chi connectivity index (χ3v) is 5.13. The first kappa shape index (κ1) is 17.5. The van der Waals surface area contributed by atoms with Crippen molar-refractivity contribution in [3.63, 3.8) is 0 Å². The molecule has 3 rings (SSSR count). The number of hydrogen-bond acceptors (Lipinski definition) is 6. The quantitative estimate of drug-likeness (QED) is 0.840. The minimum Gasteiger partial charge on any atom is -0.462 e. The van der Waals surface area contributed by atoms with E-state index in [2.05, 4.69) is 27.8 Å². The lowest BCUT2D eigenvalue weighted by Gasteiger charge is -2.38. The van der Waals surface area contributed by atoms with E-state index in [4.69, 9.17) is 4.74 Å². The molecule has 0 bridgehead atoms. The van der Waals surface area contributed by atoms with Gasteiger partial charge in [0, 0.05) is 0 Å². The number of hydrogen-bond donors (Lipinski definition) is 1. The number of nitrogens with one attached hydrogen (secondary N) is 1. The zero-order chi connectivity index (χ0) is 17.9. The van der Waals surface area contributed by atoms with Crippen LogP contribution >= 0.6 is 0 Å². The Labute approximate surface area is 147 Å². The molecule has 134 valence electrons. The minimum atomic E-state index is -0.320. The first-order valence-corrected chi connectivity index (χ1v) is 8.85. The van der Waals surface area contributed by atoms with Crippen molar-refractivity contribution in [2.75, 3.05) is 13.7 Å². The Kier molecular flexibility index (Phi) is 5.13. The highest BCUT2D eigenvalue weighted by atomic mass is 16.5. The Bertz CT molecular complexity index is 717. The second kappa shape index (κ2) is 7.31. The summed E-state index contributed by atoms with van der Waals surface area (Å²) in [7, 11) is 1.97. The highest BCUT2D eigenvalue weighted by Crippen LogP contribution is 2.38. The number of esters is 1. The van der Waals surface area contributed by atoms with E-state index in [0.29, 0.717) is 12.2 Å². The molecule has 1 aromatic carbocycles. The van der Waals surface area contributed by atoms with E-state index in [9.17, 15) is 4.79 Å². The van der Waals surface area contributed by atoms with Crippen LogP contribution in [0.3, 0.4) is 0 Å². The largest absolute Gasteiger partial charge is 0.462 e. The maximum Gasteiger partial charge on any atom is 0.338 e. The number of nitrogens with zero attached hydrogens (tertiary/aromatic N) is 4. The molecule has 1 aliphatic carbocycles. The molecule has 1 saturated carbocycles. The highest BCUT2D eigenvalue weighted by molar-refractivity contribution is 5.89. The van der Waals surface area contributed by atoms with Gasteiger partial charge in [0.25, 0.3) is 0 Å². The molecule has 7 heteroatoms. The average Bonchev–Trinajstić information content (AvgIpc) is 3.13. The Morgan fingerprint density at radius 3 is 2.60 bits per heavy atom. The van der Waals surface area contributed by atoms with Crippen LogP contribution in [0.15, 0.2) is 24.3 Å². The molecule has 1 aliphatic rings. The number of ether oxygens (including phenoxy) is 1. The van der Waals surface area contributed by atoms with E-state index in [1.165, 1.54) is 0 Å². The van der Waals surface area contributed by atoms with Crippen molar-refractivity contribution in [3.05, 3.63) is 35.7 Å². The van der Waals surface area contributed by atoms with Crippen LogP contribution in [-0.2, 0) is 10.3 Å². The fourth-order valence-corrected chi connectivity index (χ4v) is 3.45. The van der Waals surface area contributed by atoms with Crippen molar-refractivity contribution >= 4 is 5.97 Å². The topological polar surface area (TPSA) is 81.9 Å². The minimum absolute atomic E-state index is 0.212. The molecule has 0 amide bonds. The summed E-state index contributed by atoms with van der Waals surface area (Å²) in [5.41, 5.74) is 1.15. The lowest BCUT2D eigenvalue weighted by molar-refractivity contribution is 0.0526. The summed E-state index contributed by atoms with van der Waals surface area (Å²) >= 11 is 0. The molecule has 7 nitrogen and oxygen atoms in total. The maximum atomic E-state index is 11.8. The zero-order valence-electron chi connectivity index (χ0n) is 15.0. The highest BCUT2D eigenvalue weighted by Gasteiger charge is 2.39. The van der Waals surface area contributed by atoms with Gasteiger partial charge in [-0.25, -0.2) is 4.79 Å². The fourth-order valence-electron chi connectivity index (χ4n) is 3.45. The van der Waals surface area contributed by atoms with Crippen LogP contribution in [0.2, 0.25) is 0 Å². The molecule has 1 heterocycles. The summed E-state index contributed by atoms with van der Waals surface area (Å²) in [5, 5.41) is 15.9. The van der Waals surface area contributed by atoms with Crippen LogP contribution in [-0.4, -0.2) is 39.8 Å². The smallest absolute Gasteiger partial charge is 0.338 e. The van der Waals surface area contributed by atoms with Crippen molar-refractivity contribution in [1.29, 1.82) is 0 Å². The lowest BCUT2D eigenvalue weighted by Crippen LogP contribution is -2.45. The number of carbonyl (C=O) groups excluding carboxylic acids is 1. The third-order valence-electron chi connectivity index (χ3n) is 5.13. The summed E-state index contributed by atoms with van der Waals surface area (Å²) in [6, 6.07) is 7.18. The van der Waals surface area contributed by atoms with E-state index in [-0.39, 0.29) is 11.5 Å². The Morgan fingerprint density at radius 1 is 1.32 bits per heavy atom. The van der Waals surface area contributed by atoms with Gasteiger partial charge in [0.05, 0.1) is 23.4 Å². The fraction of sp³-hybridized carbons (Fsp3) is 0.556. The Morgan fingerprint density at radius 2 is 2.00 bits per heavy atom. The van der Waals surface area contributed by atoms with Gasteiger partial charge in [0.1, 0.15) is 0 Å². The second-order valence-electron chi connectivity index (χ2n) is 6.70. The van der Waals surface area contributed by atoms with Gasteiger partial charge < -0.3 is 10.1 Å². The van der Waals surface area contributed by atoms with Gasteiger partial charge in [0.2, 0.25) is 0 Å². The number of rotatable bonds is 5. The summed E-state index contributed by atoms with van der Waals surface area (Å²) in [6.07, 6.45) is 4.31. The molecule has 0 atom stereocenters. The number of tetrazole rings is 1. The second-order valence-corrected chi connectivity index (χ2v) is 6.70. The summed E-state index contributed by atoms with van der Waals surface area (Å²) in [6.45, 7) is 4.44. The van der Waals surface area contributed by atoms with Crippen LogP contribution < -0.4 is 5.32 Å². The Hall–Kier alpha value is -2.28. The van der Waals surface area contributed by atoms with Crippen molar-refractivity contribution in [1.82, 2.24) is 25.5 Å². The molecule has 1 aromatic heterocycles. The summed E-state index contributed by atoms with van der Waals surface area (Å²) < 4.78 is 6.79. The molecule has 0 spiro atoms. The third kappa shape index (κ3) is 3.42. The monoisotopic (exact) mass is 343 g/mol. The van der Waals surface area contributed by atoms with Gasteiger partial charge >= 0.3 is 5.97 Å². The van der Waals surface area contributed by atoms with E-state index in [1.54, 1.807) is 23.7 Å². The maximum absolute atomic E-state index is 11.8. The van der Waals surface area contributed by atoms with Crippen molar-refractivity contribution in [3.8, 4) is 5.69 Å². The van der Waals surface area contributed by atoms with Crippen LogP contribution in [0.5, 0.6) is 0 Å². The van der Waals surface area contributed by atoms with Crippen molar-refractivity contribution < 1.29 is 9.53 Å². The van der Waals surface area contributed by atoms with Gasteiger partial charge in [-0.05, 0) is 80.3 Å². The van der Waals surface area contributed by atoms with E-state index in [1.807, 2.05) is 19.2 Å². The Balaban J connectivity index is 1.90. The molecular weight excluding hydrogens is 318 g/mol. The van der Waals surface area contributed by atoms with Crippen molar-refractivity contribution in [2.45, 2.75) is 45.1 Å². The summed E-state index contributed by atoms with van der Waals surface area (Å²) in [4.78, 5) is 11.8. The van der Waals surface area contributed by atoms with Gasteiger partial charge in [-0.15, -0.1) is 5.10 Å². The first-order valence-electron chi connectivity index (χ1n) is 8.85. The molecule has 0 aliphatic heterocycles. The predicted molar refractivity (Wildman–Crippen MR) is 93.5 cm³/mol. The zero-order valence-corrected chi connectivity index (χ0v) is 15.0. The molecule has 25 heavy (non-hydrogen) atoms. The molecule has 1 N–H and O–H groups in total. The van der Waals surface area contributed by atoms with E-state index in [0.717, 1.165) is 43.1 Å². The summed E-state index contributed by atoms with van der Waals surface area (Å²) in [5.74, 6) is 1.24. The molecule has 2 aromatic rings. The van der Waals surface area contributed by atoms with Crippen LogP contribution in [0.25, 0.3) is 5.69 Å². The first-order chi connectivity index (χ1) is 12.1. The SMILES string of the molecule is CCOC(=O)c1ccc(-n2nnnc2C2(NC)CCC(C)CC2)cc1. The molecule has 0 radical (unpaired) electrons.